The number of hydrogen-bond acceptors (Lipinski definition) is 8. The molecule has 270 valence electrons. The highest BCUT2D eigenvalue weighted by Crippen LogP contribution is 2.21. The Balaban J connectivity index is 2.25. The van der Waals surface area contributed by atoms with Crippen molar-refractivity contribution in [2.75, 3.05) is 0 Å². The number of carbonyl (C=O) groups is 5. The molecule has 0 bridgehead atoms. The Hall–Kier alpha value is -4.25. The summed E-state index contributed by atoms with van der Waals surface area (Å²) in [7, 11) is 0. The third-order valence-electron chi connectivity index (χ3n) is 7.68. The van der Waals surface area contributed by atoms with Gasteiger partial charge in [-0.05, 0) is 68.6 Å². The van der Waals surface area contributed by atoms with E-state index in [2.05, 4.69) is 16.0 Å². The lowest BCUT2D eigenvalue weighted by Gasteiger charge is -2.33. The van der Waals surface area contributed by atoms with Crippen LogP contribution < -0.4 is 21.7 Å². The zero-order chi connectivity index (χ0) is 36.9. The van der Waals surface area contributed by atoms with Crippen LogP contribution in [0.3, 0.4) is 0 Å². The number of aryl methyl sites for hydroxylation is 1. The molecule has 5 N–H and O–H groups in total. The largest absolute Gasteiger partial charge is 0.460 e. The van der Waals surface area contributed by atoms with Gasteiger partial charge >= 0.3 is 11.9 Å². The van der Waals surface area contributed by atoms with Gasteiger partial charge in [-0.2, -0.15) is 0 Å². The van der Waals surface area contributed by atoms with E-state index in [1.165, 1.54) is 0 Å². The monoisotopic (exact) mass is 680 g/mol. The lowest BCUT2D eigenvalue weighted by atomic mass is 9.85. The molecule has 0 saturated carbocycles. The van der Waals surface area contributed by atoms with Gasteiger partial charge in [0.25, 0.3) is 0 Å². The summed E-state index contributed by atoms with van der Waals surface area (Å²) in [6, 6.07) is 12.5. The maximum absolute atomic E-state index is 13.9. The number of amides is 3. The number of benzene rings is 2. The third-order valence-corrected chi connectivity index (χ3v) is 7.68. The van der Waals surface area contributed by atoms with Crippen molar-refractivity contribution in [3.05, 3.63) is 71.3 Å². The molecule has 2 aromatic carbocycles. The predicted molar refractivity (Wildman–Crippen MR) is 189 cm³/mol. The summed E-state index contributed by atoms with van der Waals surface area (Å²) >= 11 is 0. The van der Waals surface area contributed by atoms with Crippen LogP contribution in [-0.4, -0.2) is 59.4 Å². The summed E-state index contributed by atoms with van der Waals surface area (Å²) < 4.78 is 10.9. The quantitative estimate of drug-likeness (QED) is 0.191. The average molecular weight is 681 g/mol. The van der Waals surface area contributed by atoms with E-state index in [-0.39, 0.29) is 31.8 Å². The number of esters is 2. The minimum Gasteiger partial charge on any atom is -0.460 e. The molecule has 3 amide bonds. The summed E-state index contributed by atoms with van der Waals surface area (Å²) in [6.45, 7) is 16.5. The molecule has 0 aromatic heterocycles. The zero-order valence-electron chi connectivity index (χ0n) is 30.6. The molecule has 0 aliphatic rings. The first-order valence-corrected chi connectivity index (χ1v) is 16.9. The minimum atomic E-state index is -1.10. The van der Waals surface area contributed by atoms with E-state index in [1.54, 1.807) is 41.5 Å². The van der Waals surface area contributed by atoms with Gasteiger partial charge in [-0.25, -0.2) is 4.79 Å². The number of hydrogen-bond donors (Lipinski definition) is 4. The summed E-state index contributed by atoms with van der Waals surface area (Å²) in [5.41, 5.74) is 7.24. The minimum absolute atomic E-state index is 0.0179. The van der Waals surface area contributed by atoms with Crippen molar-refractivity contribution < 1.29 is 33.4 Å². The van der Waals surface area contributed by atoms with Crippen LogP contribution in [0.4, 0.5) is 0 Å². The van der Waals surface area contributed by atoms with E-state index in [4.69, 9.17) is 15.2 Å². The molecule has 4 atom stereocenters. The number of carbonyl (C=O) groups excluding carboxylic acids is 5. The molecule has 0 fully saturated rings. The summed E-state index contributed by atoms with van der Waals surface area (Å²) in [4.78, 5) is 66.4. The van der Waals surface area contributed by atoms with Crippen LogP contribution in [0.15, 0.2) is 54.6 Å². The van der Waals surface area contributed by atoms with Gasteiger partial charge < -0.3 is 31.2 Å². The Morgan fingerprint density at radius 2 is 1.37 bits per heavy atom. The topological polar surface area (TPSA) is 166 Å². The fraction of sp³-hybridized carbons (Fsp3) is 0.553. The van der Waals surface area contributed by atoms with Crippen molar-refractivity contribution in [2.24, 2.45) is 17.1 Å². The van der Waals surface area contributed by atoms with E-state index < -0.39 is 64.8 Å². The predicted octanol–water partition coefficient (Wildman–Crippen LogP) is 4.28. The Morgan fingerprint density at radius 3 is 1.94 bits per heavy atom. The molecule has 2 aromatic rings. The van der Waals surface area contributed by atoms with E-state index in [0.29, 0.717) is 6.42 Å². The maximum atomic E-state index is 13.9. The summed E-state index contributed by atoms with van der Waals surface area (Å²) in [5.74, 6) is -2.77. The van der Waals surface area contributed by atoms with Crippen molar-refractivity contribution in [3.63, 3.8) is 0 Å². The molecule has 2 rings (SSSR count). The normalized spacial score (nSPS) is 14.2. The fourth-order valence-corrected chi connectivity index (χ4v) is 5.03. The van der Waals surface area contributed by atoms with Gasteiger partial charge in [-0.1, -0.05) is 89.2 Å². The van der Waals surface area contributed by atoms with Crippen LogP contribution in [0.5, 0.6) is 0 Å². The molecule has 0 aliphatic carbocycles. The van der Waals surface area contributed by atoms with Crippen LogP contribution >= 0.6 is 0 Å². The second kappa shape index (κ2) is 18.5. The zero-order valence-corrected chi connectivity index (χ0v) is 30.6. The highest BCUT2D eigenvalue weighted by atomic mass is 16.6. The molecule has 0 saturated heterocycles. The first kappa shape index (κ1) is 40.9. The Morgan fingerprint density at radius 1 is 0.776 bits per heavy atom. The highest BCUT2D eigenvalue weighted by molar-refractivity contribution is 5.94. The molecular weight excluding hydrogens is 624 g/mol. The average Bonchev–Trinajstić information content (AvgIpc) is 3.00. The highest BCUT2D eigenvalue weighted by Gasteiger charge is 2.37. The lowest BCUT2D eigenvalue weighted by molar-refractivity contribution is -0.155. The summed E-state index contributed by atoms with van der Waals surface area (Å²) in [5, 5.41) is 8.40. The lowest BCUT2D eigenvalue weighted by Crippen LogP contribution is -2.61. The van der Waals surface area contributed by atoms with Gasteiger partial charge in [0.1, 0.15) is 30.3 Å². The number of rotatable bonds is 16. The third kappa shape index (κ3) is 14.8. The van der Waals surface area contributed by atoms with Crippen LogP contribution in [0.2, 0.25) is 0 Å². The van der Waals surface area contributed by atoms with E-state index >= 15 is 0 Å². The van der Waals surface area contributed by atoms with Gasteiger partial charge in [0.2, 0.25) is 17.7 Å². The van der Waals surface area contributed by atoms with Gasteiger partial charge in [-0.3, -0.25) is 19.2 Å². The van der Waals surface area contributed by atoms with Crippen molar-refractivity contribution in [1.29, 1.82) is 0 Å². The molecule has 11 heteroatoms. The van der Waals surface area contributed by atoms with E-state index in [0.717, 1.165) is 16.7 Å². The molecular formula is C38H56N4O7. The SMILES string of the molecule is Cc1ccccc1C[C@H](NC(=O)[C@@H](N)CCC(=O)OC(C)(C)C)C(=O)N[C@H](C(=O)N[C@@H](CC(C)C)C(=O)OCc1ccccc1)C(C)(C)C. The Bertz CT molecular complexity index is 1410. The Kier molecular flexibility index (Phi) is 15.4. The van der Waals surface area contributed by atoms with Gasteiger partial charge in [0.05, 0.1) is 6.04 Å². The molecule has 0 aliphatic heterocycles. The first-order valence-electron chi connectivity index (χ1n) is 16.9. The van der Waals surface area contributed by atoms with Crippen molar-refractivity contribution in [2.45, 2.75) is 124 Å². The van der Waals surface area contributed by atoms with Crippen molar-refractivity contribution >= 4 is 29.7 Å². The first-order chi connectivity index (χ1) is 22.8. The maximum Gasteiger partial charge on any atom is 0.328 e. The number of nitrogens with one attached hydrogen (secondary N) is 3. The van der Waals surface area contributed by atoms with Crippen LogP contribution in [0.25, 0.3) is 0 Å². The van der Waals surface area contributed by atoms with Crippen LogP contribution in [-0.2, 0) is 46.5 Å². The van der Waals surface area contributed by atoms with Gasteiger partial charge in [0, 0.05) is 12.8 Å². The van der Waals surface area contributed by atoms with Crippen molar-refractivity contribution in [3.8, 4) is 0 Å². The molecule has 0 spiro atoms. The van der Waals surface area contributed by atoms with Gasteiger partial charge in [0.15, 0.2) is 0 Å². The van der Waals surface area contributed by atoms with Crippen LogP contribution in [0.1, 0.15) is 91.3 Å². The van der Waals surface area contributed by atoms with E-state index in [9.17, 15) is 24.0 Å². The number of nitrogens with two attached hydrogens (primary N) is 1. The smallest absolute Gasteiger partial charge is 0.328 e. The second-order valence-electron chi connectivity index (χ2n) is 15.0. The molecule has 0 unspecified atom stereocenters. The van der Waals surface area contributed by atoms with Crippen molar-refractivity contribution in [1.82, 2.24) is 16.0 Å². The molecule has 49 heavy (non-hydrogen) atoms. The fourth-order valence-electron chi connectivity index (χ4n) is 5.03. The van der Waals surface area contributed by atoms with E-state index in [1.807, 2.05) is 75.4 Å². The van der Waals surface area contributed by atoms with Crippen LogP contribution in [0, 0.1) is 18.3 Å². The Labute approximate surface area is 291 Å². The molecule has 0 heterocycles. The van der Waals surface area contributed by atoms with Gasteiger partial charge in [-0.15, -0.1) is 0 Å². The molecule has 0 radical (unpaired) electrons. The second-order valence-corrected chi connectivity index (χ2v) is 15.0. The number of ether oxygens (including phenoxy) is 2. The summed E-state index contributed by atoms with van der Waals surface area (Å²) in [6.07, 6.45) is 0.406. The standard InChI is InChI=1S/C38H56N4O7/c1-24(2)21-30(36(47)48-23-26-16-11-10-12-17-26)41-35(46)32(37(4,5)6)42-34(45)29(22-27-18-14-13-15-25(27)3)40-33(44)28(39)19-20-31(43)49-38(7,8)9/h10-18,24,28-30,32H,19-23,39H2,1-9H3,(H,40,44)(H,41,46)(H,42,45)/t28-,29-,30-,32+/m0/s1. The molecule has 11 nitrogen and oxygen atoms in total.